The van der Waals surface area contributed by atoms with E-state index in [4.69, 9.17) is 0 Å². The van der Waals surface area contributed by atoms with E-state index in [1.807, 2.05) is 0 Å². The standard InChI is InChI=1S/C18H24.C7H16/c1-4-5-6-7-10-16-13-14(2)17-11-8-9-12-18(17)15(16)3;1-3-5-7-6-4-2/h11-13H,2-10H2,1H3;3-7H2,1-2H3. The van der Waals surface area contributed by atoms with Crippen LogP contribution in [-0.4, -0.2) is 0 Å². The molecule has 25 heavy (non-hydrogen) atoms. The van der Waals surface area contributed by atoms with Crippen LogP contribution in [0.2, 0.25) is 0 Å². The summed E-state index contributed by atoms with van der Waals surface area (Å²) >= 11 is 0. The third-order valence-electron chi connectivity index (χ3n) is 5.07. The molecule has 0 spiro atoms. The van der Waals surface area contributed by atoms with E-state index in [1.165, 1.54) is 84.2 Å². The Balaban J connectivity index is 0.000000381. The second kappa shape index (κ2) is 13.0. The van der Waals surface area contributed by atoms with Crippen LogP contribution in [0.25, 0.3) is 25.3 Å². The van der Waals surface area contributed by atoms with Gasteiger partial charge in [-0.2, -0.15) is 0 Å². The lowest BCUT2D eigenvalue weighted by Gasteiger charge is -2.07. The first-order chi connectivity index (χ1) is 12.2. The van der Waals surface area contributed by atoms with Gasteiger partial charge in [-0.15, -0.1) is 0 Å². The van der Waals surface area contributed by atoms with Crippen LogP contribution in [0.4, 0.5) is 0 Å². The lowest BCUT2D eigenvalue weighted by Crippen LogP contribution is -2.49. The van der Waals surface area contributed by atoms with Gasteiger partial charge in [0.15, 0.2) is 0 Å². The first-order valence-corrected chi connectivity index (χ1v) is 10.7. The number of unbranched alkanes of at least 4 members (excludes halogenated alkanes) is 7. The van der Waals surface area contributed by atoms with Gasteiger partial charge in [0.2, 0.25) is 0 Å². The SMILES string of the molecule is C=c1cc(CCCCCC)c(=C)c2c1=CCCC=2.CCCCCCC. The third-order valence-corrected chi connectivity index (χ3v) is 5.07. The smallest absolute Gasteiger partial charge is 0.0152 e. The Kier molecular flexibility index (Phi) is 11.3. The molecule has 0 bridgehead atoms. The van der Waals surface area contributed by atoms with Crippen molar-refractivity contribution in [3.05, 3.63) is 32.5 Å². The monoisotopic (exact) mass is 340 g/mol. The number of benzene rings is 1. The minimum atomic E-state index is 1.14. The van der Waals surface area contributed by atoms with Crippen molar-refractivity contribution in [1.82, 2.24) is 0 Å². The molecule has 1 aromatic carbocycles. The molecule has 0 fully saturated rings. The predicted molar refractivity (Wildman–Crippen MR) is 116 cm³/mol. The number of fused-ring (bicyclic) bond motifs is 1. The fraction of sp³-hybridized carbons (Fsp3) is 0.600. The van der Waals surface area contributed by atoms with Gasteiger partial charge in [-0.05, 0) is 52.1 Å². The molecular weight excluding hydrogens is 300 g/mol. The van der Waals surface area contributed by atoms with Gasteiger partial charge in [0, 0.05) is 0 Å². The van der Waals surface area contributed by atoms with E-state index in [2.05, 4.69) is 52.1 Å². The number of hydrogen-bond acceptors (Lipinski definition) is 0. The molecule has 0 saturated carbocycles. The summed E-state index contributed by atoms with van der Waals surface area (Å²) in [6, 6.07) is 2.25. The zero-order valence-electron chi connectivity index (χ0n) is 17.1. The van der Waals surface area contributed by atoms with Gasteiger partial charge in [0.1, 0.15) is 0 Å². The van der Waals surface area contributed by atoms with Crippen LogP contribution in [0.1, 0.15) is 97.0 Å². The van der Waals surface area contributed by atoms with E-state index in [0.717, 1.165) is 19.3 Å². The second-order valence-corrected chi connectivity index (χ2v) is 7.36. The van der Waals surface area contributed by atoms with Crippen molar-refractivity contribution < 1.29 is 0 Å². The van der Waals surface area contributed by atoms with Crippen molar-refractivity contribution in [2.45, 2.75) is 97.8 Å². The van der Waals surface area contributed by atoms with E-state index in [1.54, 1.807) is 0 Å². The molecule has 0 N–H and O–H groups in total. The molecular formula is C25H40. The van der Waals surface area contributed by atoms with Crippen molar-refractivity contribution in [2.75, 3.05) is 0 Å². The summed E-state index contributed by atoms with van der Waals surface area (Å²) in [5, 5.41) is 5.09. The molecule has 0 saturated heterocycles. The van der Waals surface area contributed by atoms with Crippen molar-refractivity contribution in [3.8, 4) is 0 Å². The molecule has 0 nitrogen and oxygen atoms in total. The van der Waals surface area contributed by atoms with E-state index in [-0.39, 0.29) is 0 Å². The Bertz CT molecular complexity index is 689. The van der Waals surface area contributed by atoms with Gasteiger partial charge in [0.25, 0.3) is 0 Å². The Labute approximate surface area is 156 Å². The molecule has 0 radical (unpaired) electrons. The highest BCUT2D eigenvalue weighted by molar-refractivity contribution is 5.42. The zero-order chi connectivity index (χ0) is 18.5. The van der Waals surface area contributed by atoms with Gasteiger partial charge in [-0.25, -0.2) is 0 Å². The molecule has 0 heteroatoms. The Hall–Kier alpha value is -1.30. The number of aryl methyl sites for hydroxylation is 1. The predicted octanol–water partition coefficient (Wildman–Crippen LogP) is 4.96. The maximum Gasteiger partial charge on any atom is -0.0152 e. The van der Waals surface area contributed by atoms with Crippen LogP contribution in [0.3, 0.4) is 0 Å². The summed E-state index contributed by atoms with van der Waals surface area (Å²) in [5.74, 6) is 0. The molecule has 0 aromatic heterocycles. The molecule has 0 unspecified atom stereocenters. The summed E-state index contributed by atoms with van der Waals surface area (Å²) in [7, 11) is 0. The van der Waals surface area contributed by atoms with Gasteiger partial charge >= 0.3 is 0 Å². The molecule has 2 rings (SSSR count). The van der Waals surface area contributed by atoms with Gasteiger partial charge in [-0.3, -0.25) is 0 Å². The van der Waals surface area contributed by atoms with Crippen LogP contribution >= 0.6 is 0 Å². The van der Waals surface area contributed by atoms with Gasteiger partial charge in [0.05, 0.1) is 0 Å². The summed E-state index contributed by atoms with van der Waals surface area (Å²) < 4.78 is 0. The molecule has 1 aromatic rings. The van der Waals surface area contributed by atoms with Gasteiger partial charge in [-0.1, -0.05) is 104 Å². The average Bonchev–Trinajstić information content (AvgIpc) is 2.64. The van der Waals surface area contributed by atoms with E-state index in [0.29, 0.717) is 0 Å². The molecule has 1 aliphatic rings. The van der Waals surface area contributed by atoms with Crippen LogP contribution in [0.5, 0.6) is 0 Å². The van der Waals surface area contributed by atoms with Crippen LogP contribution in [0.15, 0.2) is 6.07 Å². The van der Waals surface area contributed by atoms with E-state index in [9.17, 15) is 0 Å². The van der Waals surface area contributed by atoms with Crippen LogP contribution < -0.4 is 20.9 Å². The minimum Gasteiger partial charge on any atom is -0.0911 e. The molecule has 0 heterocycles. The largest absolute Gasteiger partial charge is 0.0911 e. The highest BCUT2D eigenvalue weighted by atomic mass is 14.1. The zero-order valence-corrected chi connectivity index (χ0v) is 17.1. The summed E-state index contributed by atoms with van der Waals surface area (Å²) in [6.45, 7) is 15.2. The summed E-state index contributed by atoms with van der Waals surface area (Å²) in [4.78, 5) is 0. The summed E-state index contributed by atoms with van der Waals surface area (Å²) in [5.41, 5.74) is 1.40. The van der Waals surface area contributed by atoms with Crippen LogP contribution in [0, 0.1) is 0 Å². The molecule has 140 valence electrons. The lowest BCUT2D eigenvalue weighted by atomic mass is 9.98. The maximum atomic E-state index is 4.29. The average molecular weight is 341 g/mol. The second-order valence-electron chi connectivity index (χ2n) is 7.36. The maximum absolute atomic E-state index is 4.29. The molecule has 0 aliphatic heterocycles. The Morgan fingerprint density at radius 3 is 1.80 bits per heavy atom. The fourth-order valence-corrected chi connectivity index (χ4v) is 3.46. The first-order valence-electron chi connectivity index (χ1n) is 10.7. The van der Waals surface area contributed by atoms with Crippen molar-refractivity contribution in [2.24, 2.45) is 0 Å². The highest BCUT2D eigenvalue weighted by Gasteiger charge is 2.01. The van der Waals surface area contributed by atoms with Gasteiger partial charge < -0.3 is 0 Å². The van der Waals surface area contributed by atoms with Crippen LogP contribution in [-0.2, 0) is 6.42 Å². The molecule has 0 amide bonds. The molecule has 0 atom stereocenters. The normalized spacial score (nSPS) is 12.4. The quantitative estimate of drug-likeness (QED) is 0.557. The lowest BCUT2D eigenvalue weighted by molar-refractivity contribution is 0.656. The minimum absolute atomic E-state index is 1.14. The number of rotatable bonds is 9. The Morgan fingerprint density at radius 1 is 0.720 bits per heavy atom. The highest BCUT2D eigenvalue weighted by Crippen LogP contribution is 2.03. The summed E-state index contributed by atoms with van der Waals surface area (Å²) in [6.07, 6.45) is 20.3. The Morgan fingerprint density at radius 2 is 1.24 bits per heavy atom. The van der Waals surface area contributed by atoms with Crippen molar-refractivity contribution in [3.63, 3.8) is 0 Å². The van der Waals surface area contributed by atoms with E-state index >= 15 is 0 Å². The first kappa shape index (κ1) is 21.7. The van der Waals surface area contributed by atoms with E-state index < -0.39 is 0 Å². The van der Waals surface area contributed by atoms with Crippen molar-refractivity contribution >= 4 is 25.3 Å². The fourth-order valence-electron chi connectivity index (χ4n) is 3.46. The third kappa shape index (κ3) is 7.63. The number of hydrogen-bond donors (Lipinski definition) is 0. The topological polar surface area (TPSA) is 0 Å². The molecule has 1 aliphatic carbocycles. The van der Waals surface area contributed by atoms with Crippen molar-refractivity contribution in [1.29, 1.82) is 0 Å².